The molecule has 0 aromatic carbocycles. The van der Waals surface area contributed by atoms with Crippen LogP contribution in [0, 0.1) is 0 Å². The fourth-order valence-electron chi connectivity index (χ4n) is 0.752. The molecule has 0 atom stereocenters. The first-order valence-corrected chi connectivity index (χ1v) is 3.46. The number of carbonyl (C=O) groups is 1. The van der Waals surface area contributed by atoms with E-state index in [0.29, 0.717) is 12.4 Å². The molecule has 12 heavy (non-hydrogen) atoms. The molecule has 1 rings (SSSR count). The van der Waals surface area contributed by atoms with Gasteiger partial charge in [0.15, 0.2) is 0 Å². The lowest BCUT2D eigenvalue weighted by molar-refractivity contribution is -0.120. The molecule has 0 radical (unpaired) electrons. The van der Waals surface area contributed by atoms with Crippen LogP contribution in [-0.4, -0.2) is 11.5 Å². The van der Waals surface area contributed by atoms with E-state index < -0.39 is 0 Å². The van der Waals surface area contributed by atoms with Crippen LogP contribution in [0.4, 0.5) is 0 Å². The summed E-state index contributed by atoms with van der Waals surface area (Å²) in [5.74, 6) is 0.301. The van der Waals surface area contributed by atoms with Crippen LogP contribution >= 0.6 is 0 Å². The number of hydrogen-bond acceptors (Lipinski definition) is 3. The van der Waals surface area contributed by atoms with Crippen molar-refractivity contribution < 1.29 is 9.53 Å². The lowest BCUT2D eigenvalue weighted by Gasteiger charge is -1.99. The Balaban J connectivity index is 2.85. The van der Waals surface area contributed by atoms with Crippen LogP contribution in [0.5, 0.6) is 5.88 Å². The van der Waals surface area contributed by atoms with Crippen LogP contribution in [0.3, 0.4) is 0 Å². The molecule has 0 unspecified atom stereocenters. The first-order chi connectivity index (χ1) is 5.74. The third-order valence-corrected chi connectivity index (χ3v) is 1.40. The van der Waals surface area contributed by atoms with Gasteiger partial charge in [-0.25, -0.2) is 4.98 Å². The van der Waals surface area contributed by atoms with E-state index in [1.807, 2.05) is 6.92 Å². The zero-order valence-corrected chi connectivity index (χ0v) is 6.78. The number of allylic oxidation sites excluding steroid dienone is 1. The second kappa shape index (κ2) is 3.67. The van der Waals surface area contributed by atoms with Crippen molar-refractivity contribution in [3.8, 4) is 5.88 Å². The van der Waals surface area contributed by atoms with Crippen molar-refractivity contribution in [2.45, 2.75) is 6.92 Å². The first-order valence-electron chi connectivity index (χ1n) is 3.46. The second-order valence-electron chi connectivity index (χ2n) is 2.38. The van der Waals surface area contributed by atoms with E-state index in [9.17, 15) is 4.79 Å². The SMILES string of the molecule is C=C(C)c1ccc(OC=O)nc1. The van der Waals surface area contributed by atoms with Gasteiger partial charge in [0.2, 0.25) is 5.88 Å². The highest BCUT2D eigenvalue weighted by Crippen LogP contribution is 2.12. The van der Waals surface area contributed by atoms with E-state index in [1.165, 1.54) is 0 Å². The van der Waals surface area contributed by atoms with Gasteiger partial charge in [0, 0.05) is 12.3 Å². The Bertz CT molecular complexity index is 290. The van der Waals surface area contributed by atoms with Crippen LogP contribution in [0.2, 0.25) is 0 Å². The summed E-state index contributed by atoms with van der Waals surface area (Å²) >= 11 is 0. The number of rotatable bonds is 3. The number of aromatic nitrogens is 1. The highest BCUT2D eigenvalue weighted by molar-refractivity contribution is 5.60. The number of nitrogens with zero attached hydrogens (tertiary/aromatic N) is 1. The molecular formula is C9H9NO2. The van der Waals surface area contributed by atoms with E-state index in [0.717, 1.165) is 11.1 Å². The summed E-state index contributed by atoms with van der Waals surface area (Å²) in [6.45, 7) is 5.99. The quantitative estimate of drug-likeness (QED) is 0.636. The molecule has 0 bridgehead atoms. The zero-order chi connectivity index (χ0) is 8.97. The molecule has 3 heteroatoms. The fraction of sp³-hybridized carbons (Fsp3) is 0.111. The lowest BCUT2D eigenvalue weighted by Crippen LogP contribution is -1.91. The Morgan fingerprint density at radius 2 is 2.42 bits per heavy atom. The Labute approximate surface area is 70.7 Å². The largest absolute Gasteiger partial charge is 0.410 e. The summed E-state index contributed by atoms with van der Waals surface area (Å²) in [5.41, 5.74) is 1.87. The van der Waals surface area contributed by atoms with Gasteiger partial charge in [-0.3, -0.25) is 4.79 Å². The lowest BCUT2D eigenvalue weighted by atomic mass is 10.2. The molecule has 0 aliphatic rings. The van der Waals surface area contributed by atoms with Gasteiger partial charge >= 0.3 is 0 Å². The second-order valence-corrected chi connectivity index (χ2v) is 2.38. The van der Waals surface area contributed by atoms with Gasteiger partial charge in [0.25, 0.3) is 6.47 Å². The minimum Gasteiger partial charge on any atom is -0.410 e. The molecule has 0 saturated carbocycles. The average molecular weight is 163 g/mol. The van der Waals surface area contributed by atoms with Crippen molar-refractivity contribution in [2.75, 3.05) is 0 Å². The summed E-state index contributed by atoms with van der Waals surface area (Å²) in [6, 6.07) is 3.42. The maximum atomic E-state index is 9.91. The number of hydrogen-bond donors (Lipinski definition) is 0. The minimum absolute atomic E-state index is 0.301. The predicted octanol–water partition coefficient (Wildman–Crippen LogP) is 1.65. The highest BCUT2D eigenvalue weighted by atomic mass is 16.5. The molecule has 62 valence electrons. The summed E-state index contributed by atoms with van der Waals surface area (Å²) in [6.07, 6.45) is 1.61. The molecule has 1 aromatic heterocycles. The van der Waals surface area contributed by atoms with Gasteiger partial charge in [-0.15, -0.1) is 0 Å². The highest BCUT2D eigenvalue weighted by Gasteiger charge is 1.95. The molecule has 0 spiro atoms. The maximum Gasteiger partial charge on any atom is 0.299 e. The molecule has 3 nitrogen and oxygen atoms in total. The Kier molecular flexibility index (Phi) is 2.58. The van der Waals surface area contributed by atoms with Crippen molar-refractivity contribution in [1.82, 2.24) is 4.98 Å². The first kappa shape index (κ1) is 8.46. The maximum absolute atomic E-state index is 9.91. The van der Waals surface area contributed by atoms with E-state index >= 15 is 0 Å². The minimum atomic E-state index is 0.301. The molecule has 0 saturated heterocycles. The molecule has 0 fully saturated rings. The normalized spacial score (nSPS) is 9.08. The zero-order valence-electron chi connectivity index (χ0n) is 6.78. The molecule has 1 heterocycles. The van der Waals surface area contributed by atoms with Crippen molar-refractivity contribution in [3.05, 3.63) is 30.5 Å². The van der Waals surface area contributed by atoms with E-state index in [4.69, 9.17) is 0 Å². The average Bonchev–Trinajstić information content (AvgIpc) is 2.06. The molecule has 0 aliphatic heterocycles. The predicted molar refractivity (Wildman–Crippen MR) is 45.6 cm³/mol. The molecule has 0 aliphatic carbocycles. The number of pyridine rings is 1. The molecule has 0 N–H and O–H groups in total. The van der Waals surface area contributed by atoms with Crippen LogP contribution in [-0.2, 0) is 4.79 Å². The molecule has 1 aromatic rings. The Hall–Kier alpha value is -1.64. The third kappa shape index (κ3) is 1.92. The van der Waals surface area contributed by atoms with Crippen molar-refractivity contribution in [1.29, 1.82) is 0 Å². The topological polar surface area (TPSA) is 39.2 Å². The van der Waals surface area contributed by atoms with E-state index in [-0.39, 0.29) is 0 Å². The van der Waals surface area contributed by atoms with Crippen LogP contribution < -0.4 is 4.74 Å². The Morgan fingerprint density at radius 1 is 1.67 bits per heavy atom. The molecular weight excluding hydrogens is 154 g/mol. The molecule has 0 amide bonds. The number of ether oxygens (including phenoxy) is 1. The number of carbonyl (C=O) groups excluding carboxylic acids is 1. The van der Waals surface area contributed by atoms with E-state index in [2.05, 4.69) is 16.3 Å². The van der Waals surface area contributed by atoms with Gasteiger partial charge in [-0.1, -0.05) is 6.58 Å². The van der Waals surface area contributed by atoms with Crippen LogP contribution in [0.1, 0.15) is 12.5 Å². The van der Waals surface area contributed by atoms with Crippen molar-refractivity contribution in [3.63, 3.8) is 0 Å². The monoisotopic (exact) mass is 163 g/mol. The van der Waals surface area contributed by atoms with E-state index in [1.54, 1.807) is 18.3 Å². The summed E-state index contributed by atoms with van der Waals surface area (Å²) in [7, 11) is 0. The third-order valence-electron chi connectivity index (χ3n) is 1.40. The summed E-state index contributed by atoms with van der Waals surface area (Å²) in [5, 5.41) is 0. The summed E-state index contributed by atoms with van der Waals surface area (Å²) < 4.78 is 4.52. The van der Waals surface area contributed by atoms with Gasteiger partial charge < -0.3 is 4.74 Å². The van der Waals surface area contributed by atoms with Gasteiger partial charge in [-0.2, -0.15) is 0 Å². The van der Waals surface area contributed by atoms with Crippen LogP contribution in [0.15, 0.2) is 24.9 Å². The van der Waals surface area contributed by atoms with Gasteiger partial charge in [0.05, 0.1) is 0 Å². The summed E-state index contributed by atoms with van der Waals surface area (Å²) in [4.78, 5) is 13.8. The standard InChI is InChI=1S/C9H9NO2/c1-7(2)8-3-4-9(10-5-8)12-6-11/h3-6H,1H2,2H3. The Morgan fingerprint density at radius 3 is 2.83 bits per heavy atom. The van der Waals surface area contributed by atoms with Gasteiger partial charge in [0.1, 0.15) is 0 Å². The van der Waals surface area contributed by atoms with Crippen molar-refractivity contribution >= 4 is 12.0 Å². The van der Waals surface area contributed by atoms with Crippen molar-refractivity contribution in [2.24, 2.45) is 0 Å². The van der Waals surface area contributed by atoms with Gasteiger partial charge in [-0.05, 0) is 24.1 Å². The van der Waals surface area contributed by atoms with Crippen LogP contribution in [0.25, 0.3) is 5.57 Å². The fourth-order valence-corrected chi connectivity index (χ4v) is 0.752. The smallest absolute Gasteiger partial charge is 0.299 e.